The molecule has 0 aliphatic rings. The van der Waals surface area contributed by atoms with Gasteiger partial charge in [0.2, 0.25) is 0 Å². The van der Waals surface area contributed by atoms with Crippen molar-refractivity contribution in [3.63, 3.8) is 0 Å². The van der Waals surface area contributed by atoms with E-state index in [2.05, 4.69) is 162 Å². The molecule has 2 aromatic heterocycles. The maximum absolute atomic E-state index is 5.32. The van der Waals surface area contributed by atoms with Crippen molar-refractivity contribution in [3.8, 4) is 39.3 Å². The van der Waals surface area contributed by atoms with Crippen LogP contribution in [0.5, 0.6) is 0 Å². The van der Waals surface area contributed by atoms with Gasteiger partial charge in [-0.3, -0.25) is 4.57 Å². The van der Waals surface area contributed by atoms with Crippen molar-refractivity contribution in [2.24, 2.45) is 0 Å². The van der Waals surface area contributed by atoms with Gasteiger partial charge in [-0.1, -0.05) is 133 Å². The van der Waals surface area contributed by atoms with Crippen molar-refractivity contribution in [1.29, 1.82) is 0 Å². The molecule has 2 heteroatoms. The molecular weight excluding hydrogens is 496 g/mol. The van der Waals surface area contributed by atoms with E-state index in [0.717, 1.165) is 33.7 Å². The molecule has 2 heterocycles. The lowest BCUT2D eigenvalue weighted by Gasteiger charge is -2.13. The molecule has 0 atom stereocenters. The lowest BCUT2D eigenvalue weighted by atomic mass is 10.0. The van der Waals surface area contributed by atoms with E-state index < -0.39 is 0 Å². The second kappa shape index (κ2) is 9.62. The van der Waals surface area contributed by atoms with E-state index in [0.29, 0.717) is 0 Å². The summed E-state index contributed by atoms with van der Waals surface area (Å²) in [4.78, 5) is 5.32. The molecule has 0 aliphatic carbocycles. The summed E-state index contributed by atoms with van der Waals surface area (Å²) in [6, 6.07) is 56.1. The topological polar surface area (TPSA) is 17.8 Å². The molecule has 41 heavy (non-hydrogen) atoms. The van der Waals surface area contributed by atoms with Crippen LogP contribution in [0.1, 0.15) is 0 Å². The SMILES string of the molecule is c1ccc(-c2cc(-c3ccccc3)nc(-n3c4cc(-c5ccccc5)ccc4c4c5ccccc5ccc43)c2)cc1. The maximum atomic E-state index is 5.32. The normalized spacial score (nSPS) is 11.4. The highest BCUT2D eigenvalue weighted by Gasteiger charge is 2.18. The number of rotatable bonds is 4. The minimum Gasteiger partial charge on any atom is -0.294 e. The number of nitrogens with zero attached hydrogens (tertiary/aromatic N) is 2. The third-order valence-electron chi connectivity index (χ3n) is 7.98. The molecule has 192 valence electrons. The highest BCUT2D eigenvalue weighted by molar-refractivity contribution is 6.21. The van der Waals surface area contributed by atoms with Gasteiger partial charge in [-0.15, -0.1) is 0 Å². The summed E-state index contributed by atoms with van der Waals surface area (Å²) in [5.74, 6) is 0.908. The molecule has 0 spiro atoms. The van der Waals surface area contributed by atoms with Crippen LogP contribution in [0.25, 0.3) is 71.9 Å². The molecule has 0 saturated heterocycles. The van der Waals surface area contributed by atoms with Crippen molar-refractivity contribution in [1.82, 2.24) is 9.55 Å². The van der Waals surface area contributed by atoms with Gasteiger partial charge in [0.15, 0.2) is 0 Å². The van der Waals surface area contributed by atoms with Gasteiger partial charge in [-0.05, 0) is 57.3 Å². The Morgan fingerprint density at radius 1 is 0.390 bits per heavy atom. The van der Waals surface area contributed by atoms with Crippen LogP contribution in [-0.4, -0.2) is 9.55 Å². The van der Waals surface area contributed by atoms with Crippen molar-refractivity contribution >= 4 is 32.6 Å². The van der Waals surface area contributed by atoms with E-state index >= 15 is 0 Å². The Balaban J connectivity index is 1.49. The summed E-state index contributed by atoms with van der Waals surface area (Å²) in [6.07, 6.45) is 0. The molecule has 0 bridgehead atoms. The first-order valence-electron chi connectivity index (χ1n) is 14.0. The van der Waals surface area contributed by atoms with Gasteiger partial charge in [0.25, 0.3) is 0 Å². The lowest BCUT2D eigenvalue weighted by molar-refractivity contribution is 1.08. The fraction of sp³-hybridized carbons (Fsp3) is 0. The molecule has 2 nitrogen and oxygen atoms in total. The summed E-state index contributed by atoms with van der Waals surface area (Å²) < 4.78 is 2.35. The van der Waals surface area contributed by atoms with Gasteiger partial charge in [0.05, 0.1) is 16.7 Å². The second-order valence-electron chi connectivity index (χ2n) is 10.4. The highest BCUT2D eigenvalue weighted by atomic mass is 15.1. The molecule has 0 aliphatic heterocycles. The van der Waals surface area contributed by atoms with Gasteiger partial charge in [-0.25, -0.2) is 4.98 Å². The minimum absolute atomic E-state index is 0.908. The Hall–Kier alpha value is -5.47. The monoisotopic (exact) mass is 522 g/mol. The predicted molar refractivity (Wildman–Crippen MR) is 172 cm³/mol. The third kappa shape index (κ3) is 4.00. The molecule has 0 fully saturated rings. The first-order chi connectivity index (χ1) is 20.3. The molecule has 8 aromatic rings. The summed E-state index contributed by atoms with van der Waals surface area (Å²) >= 11 is 0. The number of hydrogen-bond acceptors (Lipinski definition) is 1. The van der Waals surface area contributed by atoms with Crippen LogP contribution in [0.4, 0.5) is 0 Å². The molecule has 0 radical (unpaired) electrons. The molecule has 0 amide bonds. The van der Waals surface area contributed by atoms with Gasteiger partial charge in [-0.2, -0.15) is 0 Å². The van der Waals surface area contributed by atoms with E-state index in [1.807, 2.05) is 0 Å². The average molecular weight is 523 g/mol. The van der Waals surface area contributed by atoms with E-state index in [1.54, 1.807) is 0 Å². The number of hydrogen-bond donors (Lipinski definition) is 0. The Kier molecular flexibility index (Phi) is 5.49. The van der Waals surface area contributed by atoms with Crippen LogP contribution < -0.4 is 0 Å². The zero-order valence-corrected chi connectivity index (χ0v) is 22.4. The Labute approximate surface area is 238 Å². The van der Waals surface area contributed by atoms with Crippen molar-refractivity contribution < 1.29 is 0 Å². The van der Waals surface area contributed by atoms with Crippen molar-refractivity contribution in [2.45, 2.75) is 0 Å². The summed E-state index contributed by atoms with van der Waals surface area (Å²) in [5, 5.41) is 4.97. The van der Waals surface area contributed by atoms with Crippen LogP contribution in [0.3, 0.4) is 0 Å². The van der Waals surface area contributed by atoms with E-state index in [9.17, 15) is 0 Å². The molecule has 6 aromatic carbocycles. The predicted octanol–water partition coefficient (Wildman–Crippen LogP) is 10.3. The number of pyridine rings is 1. The fourth-order valence-corrected chi connectivity index (χ4v) is 6.03. The standard InChI is InChI=1S/C39H26N2/c1-4-12-27(13-5-1)31-20-22-34-37(25-31)41(36-23-21-29-16-10-11-19-33(29)39(34)36)38-26-32(28-14-6-2-7-15-28)24-35(40-38)30-17-8-3-9-18-30/h1-26H. The Bertz CT molecular complexity index is 2120. The Morgan fingerprint density at radius 3 is 1.76 bits per heavy atom. The highest BCUT2D eigenvalue weighted by Crippen LogP contribution is 2.39. The van der Waals surface area contributed by atoms with E-state index in [-0.39, 0.29) is 0 Å². The fourth-order valence-electron chi connectivity index (χ4n) is 6.03. The second-order valence-corrected chi connectivity index (χ2v) is 10.4. The van der Waals surface area contributed by atoms with Gasteiger partial charge < -0.3 is 0 Å². The average Bonchev–Trinajstić information content (AvgIpc) is 3.40. The first-order valence-corrected chi connectivity index (χ1v) is 14.0. The van der Waals surface area contributed by atoms with E-state index in [4.69, 9.17) is 4.98 Å². The largest absolute Gasteiger partial charge is 0.294 e. The summed E-state index contributed by atoms with van der Waals surface area (Å²) in [7, 11) is 0. The lowest BCUT2D eigenvalue weighted by Crippen LogP contribution is -2.00. The van der Waals surface area contributed by atoms with Crippen LogP contribution in [0, 0.1) is 0 Å². The summed E-state index contributed by atoms with van der Waals surface area (Å²) in [6.45, 7) is 0. The van der Waals surface area contributed by atoms with Crippen LogP contribution in [-0.2, 0) is 0 Å². The Morgan fingerprint density at radius 2 is 1.02 bits per heavy atom. The van der Waals surface area contributed by atoms with Gasteiger partial charge in [0, 0.05) is 16.3 Å². The van der Waals surface area contributed by atoms with Crippen molar-refractivity contribution in [2.75, 3.05) is 0 Å². The molecule has 0 saturated carbocycles. The van der Waals surface area contributed by atoms with Crippen molar-refractivity contribution in [3.05, 3.63) is 158 Å². The van der Waals surface area contributed by atoms with Gasteiger partial charge >= 0.3 is 0 Å². The van der Waals surface area contributed by atoms with Crippen LogP contribution in [0.2, 0.25) is 0 Å². The van der Waals surface area contributed by atoms with Crippen LogP contribution in [0.15, 0.2) is 158 Å². The molecule has 8 rings (SSSR count). The minimum atomic E-state index is 0.908. The van der Waals surface area contributed by atoms with Crippen LogP contribution >= 0.6 is 0 Å². The quantitative estimate of drug-likeness (QED) is 0.225. The zero-order valence-electron chi connectivity index (χ0n) is 22.4. The van der Waals surface area contributed by atoms with E-state index in [1.165, 1.54) is 38.2 Å². The molecule has 0 unspecified atom stereocenters. The third-order valence-corrected chi connectivity index (χ3v) is 7.98. The maximum Gasteiger partial charge on any atom is 0.138 e. The number of benzene rings is 6. The number of aromatic nitrogens is 2. The molecular formula is C39H26N2. The summed E-state index contributed by atoms with van der Waals surface area (Å²) in [5.41, 5.74) is 9.06. The smallest absolute Gasteiger partial charge is 0.138 e. The molecule has 0 N–H and O–H groups in total. The first kappa shape index (κ1) is 23.4. The zero-order chi connectivity index (χ0) is 27.2. The number of fused-ring (bicyclic) bond motifs is 5. The van der Waals surface area contributed by atoms with Gasteiger partial charge in [0.1, 0.15) is 5.82 Å².